The minimum Gasteiger partial charge on any atom is -0.497 e. The number of sulfonamides is 1. The number of carbonyl (C=O) groups excluding carboxylic acids is 1. The molecule has 196 valence electrons. The summed E-state index contributed by atoms with van der Waals surface area (Å²) >= 11 is 0. The Morgan fingerprint density at radius 2 is 1.65 bits per heavy atom. The molecule has 0 spiro atoms. The van der Waals surface area contributed by atoms with Crippen molar-refractivity contribution in [2.75, 3.05) is 37.3 Å². The molecule has 1 saturated heterocycles. The Kier molecular flexibility index (Phi) is 8.30. The van der Waals surface area contributed by atoms with Gasteiger partial charge < -0.3 is 14.8 Å². The minimum absolute atomic E-state index is 0.0458. The normalized spacial score (nSPS) is 14.7. The third kappa shape index (κ3) is 6.78. The van der Waals surface area contributed by atoms with Crippen molar-refractivity contribution >= 4 is 27.3 Å². The highest BCUT2D eigenvalue weighted by Gasteiger charge is 2.25. The number of rotatable bonds is 9. The van der Waals surface area contributed by atoms with E-state index in [1.165, 1.54) is 44.6 Å². The van der Waals surface area contributed by atoms with E-state index in [2.05, 4.69) is 14.9 Å². The van der Waals surface area contributed by atoms with Gasteiger partial charge in [0.1, 0.15) is 17.3 Å². The first-order chi connectivity index (χ1) is 17.8. The maximum atomic E-state index is 13.1. The molecular weight excluding hydrogens is 497 g/mol. The van der Waals surface area contributed by atoms with Crippen molar-refractivity contribution in [1.82, 2.24) is 4.90 Å². The van der Waals surface area contributed by atoms with E-state index in [0.717, 1.165) is 25.2 Å². The fourth-order valence-corrected chi connectivity index (χ4v) is 5.32. The van der Waals surface area contributed by atoms with Crippen molar-refractivity contribution < 1.29 is 27.1 Å². The summed E-state index contributed by atoms with van der Waals surface area (Å²) in [6.45, 7) is 2.26. The minimum atomic E-state index is -3.90. The van der Waals surface area contributed by atoms with Crippen LogP contribution in [0.3, 0.4) is 0 Å². The van der Waals surface area contributed by atoms with Gasteiger partial charge in [-0.15, -0.1) is 0 Å². The van der Waals surface area contributed by atoms with Crippen LogP contribution in [-0.2, 0) is 21.4 Å². The number of carbonyl (C=O) groups is 1. The Labute approximate surface area is 216 Å². The molecule has 0 bridgehead atoms. The summed E-state index contributed by atoms with van der Waals surface area (Å²) in [6.07, 6.45) is 1.43. The molecule has 1 aliphatic heterocycles. The number of nitrogens with zero attached hydrogens (tertiary/aromatic N) is 1. The first-order valence-corrected chi connectivity index (χ1v) is 13.4. The SMILES string of the molecule is COc1ccc(OC)c(NS(=O)(=O)c2ccc(NC(=O)C3CCN(Cc4ccc(F)cc4)CC3)cc2)c1. The molecule has 1 amide bonds. The summed E-state index contributed by atoms with van der Waals surface area (Å²) < 4.78 is 51.9. The van der Waals surface area contributed by atoms with Crippen molar-refractivity contribution in [2.45, 2.75) is 24.3 Å². The first kappa shape index (κ1) is 26.4. The second-order valence-corrected chi connectivity index (χ2v) is 10.5. The van der Waals surface area contributed by atoms with Crippen LogP contribution in [0.2, 0.25) is 0 Å². The molecule has 37 heavy (non-hydrogen) atoms. The molecule has 2 N–H and O–H groups in total. The van der Waals surface area contributed by atoms with Crippen LogP contribution in [0.1, 0.15) is 18.4 Å². The molecule has 0 saturated carbocycles. The smallest absolute Gasteiger partial charge is 0.262 e. The summed E-state index contributed by atoms with van der Waals surface area (Å²) in [4.78, 5) is 15.1. The van der Waals surface area contributed by atoms with Crippen LogP contribution in [0, 0.1) is 11.7 Å². The van der Waals surface area contributed by atoms with Gasteiger partial charge in [-0.1, -0.05) is 12.1 Å². The Hall–Kier alpha value is -3.63. The van der Waals surface area contributed by atoms with Gasteiger partial charge in [-0.2, -0.15) is 0 Å². The van der Waals surface area contributed by atoms with Gasteiger partial charge in [0.05, 0.1) is 24.8 Å². The van der Waals surface area contributed by atoms with E-state index in [4.69, 9.17) is 9.47 Å². The van der Waals surface area contributed by atoms with Crippen LogP contribution < -0.4 is 19.5 Å². The summed E-state index contributed by atoms with van der Waals surface area (Å²) in [7, 11) is -0.954. The molecule has 3 aromatic rings. The van der Waals surface area contributed by atoms with Gasteiger partial charge in [0.2, 0.25) is 5.91 Å². The van der Waals surface area contributed by atoms with E-state index in [1.807, 2.05) is 0 Å². The molecule has 0 aliphatic carbocycles. The van der Waals surface area contributed by atoms with Crippen LogP contribution in [-0.4, -0.2) is 46.5 Å². The zero-order chi connectivity index (χ0) is 26.4. The molecule has 0 aromatic heterocycles. The maximum absolute atomic E-state index is 13.1. The molecule has 0 unspecified atom stereocenters. The zero-order valence-electron chi connectivity index (χ0n) is 20.7. The number of nitrogens with one attached hydrogen (secondary N) is 2. The number of methoxy groups -OCH3 is 2. The quantitative estimate of drug-likeness (QED) is 0.426. The van der Waals surface area contributed by atoms with Gasteiger partial charge in [0, 0.05) is 24.2 Å². The number of hydrogen-bond acceptors (Lipinski definition) is 6. The highest BCUT2D eigenvalue weighted by Crippen LogP contribution is 2.31. The molecule has 1 aliphatic rings. The van der Waals surface area contributed by atoms with E-state index in [9.17, 15) is 17.6 Å². The van der Waals surface area contributed by atoms with Gasteiger partial charge in [-0.05, 0) is 80.0 Å². The lowest BCUT2D eigenvalue weighted by Gasteiger charge is -2.31. The van der Waals surface area contributed by atoms with Crippen molar-refractivity contribution in [1.29, 1.82) is 0 Å². The number of piperidine rings is 1. The second-order valence-electron chi connectivity index (χ2n) is 8.86. The largest absolute Gasteiger partial charge is 0.497 e. The van der Waals surface area contributed by atoms with Gasteiger partial charge in [0.25, 0.3) is 10.0 Å². The van der Waals surface area contributed by atoms with Crippen LogP contribution in [0.4, 0.5) is 15.8 Å². The number of anilines is 2. The first-order valence-electron chi connectivity index (χ1n) is 11.9. The molecule has 10 heteroatoms. The summed E-state index contributed by atoms with van der Waals surface area (Å²) in [6, 6.07) is 17.3. The molecular formula is C27H30FN3O5S. The van der Waals surface area contributed by atoms with Crippen molar-refractivity contribution in [3.05, 3.63) is 78.1 Å². The highest BCUT2D eigenvalue weighted by molar-refractivity contribution is 7.92. The van der Waals surface area contributed by atoms with Gasteiger partial charge in [0.15, 0.2) is 0 Å². The van der Waals surface area contributed by atoms with E-state index in [-0.39, 0.29) is 28.2 Å². The van der Waals surface area contributed by atoms with Crippen LogP contribution in [0.5, 0.6) is 11.5 Å². The lowest BCUT2D eigenvalue weighted by Crippen LogP contribution is -2.37. The molecule has 1 fully saturated rings. The summed E-state index contributed by atoms with van der Waals surface area (Å²) in [5.41, 5.74) is 1.82. The third-order valence-electron chi connectivity index (χ3n) is 6.36. The molecule has 0 atom stereocenters. The van der Waals surface area contributed by atoms with Crippen molar-refractivity contribution in [3.63, 3.8) is 0 Å². The van der Waals surface area contributed by atoms with Crippen LogP contribution in [0.25, 0.3) is 0 Å². The Morgan fingerprint density at radius 3 is 2.27 bits per heavy atom. The monoisotopic (exact) mass is 527 g/mol. The van der Waals surface area contributed by atoms with E-state index < -0.39 is 10.0 Å². The standard InChI is InChI=1S/C27H30FN3O5S/c1-35-23-9-12-26(36-2)25(17-23)30-37(33,34)24-10-7-22(8-11-24)29-27(32)20-13-15-31(16-14-20)18-19-3-5-21(28)6-4-19/h3-12,17,20,30H,13-16,18H2,1-2H3,(H,29,32). The van der Waals surface area contributed by atoms with E-state index in [1.54, 1.807) is 36.4 Å². The Bertz CT molecular complexity index is 1320. The van der Waals surface area contributed by atoms with Crippen LogP contribution >= 0.6 is 0 Å². The number of likely N-dealkylation sites (tertiary alicyclic amines) is 1. The molecule has 0 radical (unpaired) electrons. The lowest BCUT2D eigenvalue weighted by atomic mass is 9.95. The number of benzene rings is 3. The molecule has 4 rings (SSSR count). The fourth-order valence-electron chi connectivity index (χ4n) is 4.26. The average molecular weight is 528 g/mol. The van der Waals surface area contributed by atoms with Crippen molar-refractivity contribution in [2.24, 2.45) is 5.92 Å². The van der Waals surface area contributed by atoms with E-state index >= 15 is 0 Å². The summed E-state index contributed by atoms with van der Waals surface area (Å²) in [5, 5.41) is 2.89. The zero-order valence-corrected chi connectivity index (χ0v) is 21.6. The number of halogens is 1. The lowest BCUT2D eigenvalue weighted by molar-refractivity contribution is -0.121. The van der Waals surface area contributed by atoms with Crippen molar-refractivity contribution in [3.8, 4) is 11.5 Å². The molecule has 3 aromatic carbocycles. The number of amides is 1. The molecule has 8 nitrogen and oxygen atoms in total. The van der Waals surface area contributed by atoms with Gasteiger partial charge in [-0.3, -0.25) is 14.4 Å². The third-order valence-corrected chi connectivity index (χ3v) is 7.74. The number of ether oxygens (including phenoxy) is 2. The Balaban J connectivity index is 1.32. The average Bonchev–Trinajstić information content (AvgIpc) is 2.90. The fraction of sp³-hybridized carbons (Fsp3) is 0.296. The maximum Gasteiger partial charge on any atom is 0.262 e. The predicted molar refractivity (Wildman–Crippen MR) is 140 cm³/mol. The topological polar surface area (TPSA) is 97.0 Å². The second kappa shape index (κ2) is 11.6. The van der Waals surface area contributed by atoms with Gasteiger partial charge >= 0.3 is 0 Å². The van der Waals surface area contributed by atoms with E-state index in [0.29, 0.717) is 30.0 Å². The van der Waals surface area contributed by atoms with Crippen LogP contribution in [0.15, 0.2) is 71.6 Å². The highest BCUT2D eigenvalue weighted by atomic mass is 32.2. The Morgan fingerprint density at radius 1 is 0.973 bits per heavy atom. The number of hydrogen-bond donors (Lipinski definition) is 2. The summed E-state index contributed by atoms with van der Waals surface area (Å²) in [5.74, 6) is 0.374. The predicted octanol–water partition coefficient (Wildman–Crippen LogP) is 4.49. The molecule has 1 heterocycles. The van der Waals surface area contributed by atoms with Gasteiger partial charge in [-0.25, -0.2) is 12.8 Å².